The lowest BCUT2D eigenvalue weighted by molar-refractivity contribution is -0.133. The molecule has 3 fully saturated rings. The van der Waals surface area contributed by atoms with Crippen LogP contribution in [0.5, 0.6) is 0 Å². The number of rotatable bonds is 7. The zero-order chi connectivity index (χ0) is 19.9. The van der Waals surface area contributed by atoms with E-state index in [1.165, 1.54) is 30.0 Å². The topological polar surface area (TPSA) is 60.9 Å². The van der Waals surface area contributed by atoms with Crippen LogP contribution in [0.4, 0.5) is 0 Å². The third kappa shape index (κ3) is 4.42. The molecule has 2 saturated carbocycles. The molecule has 6 nitrogen and oxygen atoms in total. The number of hydrogen-bond donors (Lipinski definition) is 0. The van der Waals surface area contributed by atoms with E-state index in [9.17, 15) is 13.2 Å². The Morgan fingerprint density at radius 3 is 2.29 bits per heavy atom. The SMILES string of the molecule is Cc1ccc(S(=O)(=O)N2CCN(C(=O)CN(CC3CC3)C3CC3)CC2)cc1C. The highest BCUT2D eigenvalue weighted by Crippen LogP contribution is 2.34. The van der Waals surface area contributed by atoms with Gasteiger partial charge in [0.25, 0.3) is 0 Å². The van der Waals surface area contributed by atoms with E-state index >= 15 is 0 Å². The average Bonchev–Trinajstić information content (AvgIpc) is 3.57. The highest BCUT2D eigenvalue weighted by Gasteiger charge is 2.36. The number of carbonyl (C=O) groups excluding carboxylic acids is 1. The average molecular weight is 406 g/mol. The van der Waals surface area contributed by atoms with Gasteiger partial charge in [-0.1, -0.05) is 6.07 Å². The van der Waals surface area contributed by atoms with Gasteiger partial charge in [0, 0.05) is 38.8 Å². The number of hydrogen-bond acceptors (Lipinski definition) is 4. The summed E-state index contributed by atoms with van der Waals surface area (Å²) < 4.78 is 27.4. The molecule has 0 atom stereocenters. The first-order valence-corrected chi connectivity index (χ1v) is 11.9. The molecule has 0 bridgehead atoms. The van der Waals surface area contributed by atoms with Crippen LogP contribution in [0.3, 0.4) is 0 Å². The smallest absolute Gasteiger partial charge is 0.243 e. The molecule has 0 spiro atoms. The Bertz CT molecular complexity index is 838. The number of sulfonamides is 1. The van der Waals surface area contributed by atoms with E-state index in [-0.39, 0.29) is 5.91 Å². The van der Waals surface area contributed by atoms with Crippen molar-refractivity contribution in [3.05, 3.63) is 29.3 Å². The molecule has 1 aliphatic heterocycles. The quantitative estimate of drug-likeness (QED) is 0.696. The molecule has 0 radical (unpaired) electrons. The van der Waals surface area contributed by atoms with Gasteiger partial charge in [-0.3, -0.25) is 9.69 Å². The van der Waals surface area contributed by atoms with E-state index in [2.05, 4.69) is 4.90 Å². The van der Waals surface area contributed by atoms with E-state index < -0.39 is 10.0 Å². The molecule has 1 aromatic rings. The molecule has 28 heavy (non-hydrogen) atoms. The van der Waals surface area contributed by atoms with Crippen molar-refractivity contribution in [2.45, 2.75) is 50.5 Å². The Morgan fingerprint density at radius 1 is 1.04 bits per heavy atom. The number of nitrogens with zero attached hydrogens (tertiary/aromatic N) is 3. The summed E-state index contributed by atoms with van der Waals surface area (Å²) in [5, 5.41) is 0. The summed E-state index contributed by atoms with van der Waals surface area (Å²) >= 11 is 0. The maximum absolute atomic E-state index is 12.9. The number of amides is 1. The van der Waals surface area contributed by atoms with Gasteiger partial charge >= 0.3 is 0 Å². The summed E-state index contributed by atoms with van der Waals surface area (Å²) in [4.78, 5) is 17.3. The summed E-state index contributed by atoms with van der Waals surface area (Å²) in [6.45, 7) is 7.14. The summed E-state index contributed by atoms with van der Waals surface area (Å²) in [6, 6.07) is 5.87. The Labute approximate surface area is 168 Å². The largest absolute Gasteiger partial charge is 0.339 e. The van der Waals surface area contributed by atoms with Crippen molar-refractivity contribution < 1.29 is 13.2 Å². The van der Waals surface area contributed by atoms with Gasteiger partial charge in [0.05, 0.1) is 11.4 Å². The summed E-state index contributed by atoms with van der Waals surface area (Å²) in [7, 11) is -3.50. The van der Waals surface area contributed by atoms with Gasteiger partial charge in [-0.15, -0.1) is 0 Å². The van der Waals surface area contributed by atoms with Gasteiger partial charge in [-0.05, 0) is 68.7 Å². The lowest BCUT2D eigenvalue weighted by Crippen LogP contribution is -2.52. The molecule has 2 aliphatic carbocycles. The molecule has 0 unspecified atom stereocenters. The molecule has 0 N–H and O–H groups in total. The molecular formula is C21H31N3O3S. The van der Waals surface area contributed by atoms with Gasteiger partial charge in [-0.25, -0.2) is 8.42 Å². The Kier molecular flexibility index (Phi) is 5.51. The van der Waals surface area contributed by atoms with Crippen LogP contribution in [0.1, 0.15) is 36.8 Å². The fourth-order valence-electron chi connectivity index (χ4n) is 3.89. The van der Waals surface area contributed by atoms with Crippen LogP contribution in [0.2, 0.25) is 0 Å². The zero-order valence-corrected chi connectivity index (χ0v) is 17.7. The summed E-state index contributed by atoms with van der Waals surface area (Å²) in [5.41, 5.74) is 2.06. The Balaban J connectivity index is 1.34. The minimum Gasteiger partial charge on any atom is -0.339 e. The highest BCUT2D eigenvalue weighted by molar-refractivity contribution is 7.89. The zero-order valence-electron chi connectivity index (χ0n) is 16.9. The van der Waals surface area contributed by atoms with Gasteiger partial charge in [-0.2, -0.15) is 4.31 Å². The third-order valence-corrected chi connectivity index (χ3v) is 8.19. The predicted octanol–water partition coefficient (Wildman–Crippen LogP) is 2.01. The lowest BCUT2D eigenvalue weighted by Gasteiger charge is -2.35. The number of piperazine rings is 1. The molecule has 1 heterocycles. The highest BCUT2D eigenvalue weighted by atomic mass is 32.2. The molecule has 0 aromatic heterocycles. The van der Waals surface area contributed by atoms with Crippen LogP contribution in [0.25, 0.3) is 0 Å². The second-order valence-corrected chi connectivity index (χ2v) is 10.6. The Hall–Kier alpha value is -1.44. The number of aryl methyl sites for hydroxylation is 2. The third-order valence-electron chi connectivity index (χ3n) is 6.30. The van der Waals surface area contributed by atoms with Crippen molar-refractivity contribution in [1.29, 1.82) is 0 Å². The van der Waals surface area contributed by atoms with E-state index in [0.717, 1.165) is 23.6 Å². The van der Waals surface area contributed by atoms with E-state index in [0.29, 0.717) is 43.7 Å². The first-order chi connectivity index (χ1) is 13.3. The molecule has 4 rings (SSSR count). The van der Waals surface area contributed by atoms with Crippen molar-refractivity contribution >= 4 is 15.9 Å². The number of carbonyl (C=O) groups is 1. The molecule has 1 amide bonds. The van der Waals surface area contributed by atoms with Crippen LogP contribution >= 0.6 is 0 Å². The maximum Gasteiger partial charge on any atom is 0.243 e. The second-order valence-electron chi connectivity index (χ2n) is 8.63. The number of benzene rings is 1. The van der Waals surface area contributed by atoms with Crippen LogP contribution in [0, 0.1) is 19.8 Å². The van der Waals surface area contributed by atoms with Crippen LogP contribution in [-0.4, -0.2) is 73.7 Å². The summed E-state index contributed by atoms with van der Waals surface area (Å²) in [5.74, 6) is 0.934. The van der Waals surface area contributed by atoms with Gasteiger partial charge in [0.2, 0.25) is 15.9 Å². The molecule has 1 saturated heterocycles. The minimum atomic E-state index is -3.50. The van der Waals surface area contributed by atoms with Crippen molar-refractivity contribution in [1.82, 2.24) is 14.1 Å². The monoisotopic (exact) mass is 405 g/mol. The first kappa shape index (κ1) is 19.9. The molecule has 3 aliphatic rings. The fraction of sp³-hybridized carbons (Fsp3) is 0.667. The normalized spacial score (nSPS) is 21.3. The Morgan fingerprint density at radius 2 is 1.71 bits per heavy atom. The fourth-order valence-corrected chi connectivity index (χ4v) is 5.40. The minimum absolute atomic E-state index is 0.149. The van der Waals surface area contributed by atoms with E-state index in [1.807, 2.05) is 24.8 Å². The van der Waals surface area contributed by atoms with Gasteiger partial charge < -0.3 is 4.90 Å². The first-order valence-electron chi connectivity index (χ1n) is 10.4. The van der Waals surface area contributed by atoms with Gasteiger partial charge in [0.15, 0.2) is 0 Å². The molecule has 154 valence electrons. The molecule has 7 heteroatoms. The molecular weight excluding hydrogens is 374 g/mol. The van der Waals surface area contributed by atoms with E-state index in [4.69, 9.17) is 0 Å². The van der Waals surface area contributed by atoms with Crippen molar-refractivity contribution in [2.75, 3.05) is 39.3 Å². The lowest BCUT2D eigenvalue weighted by atomic mass is 10.1. The van der Waals surface area contributed by atoms with E-state index in [1.54, 1.807) is 12.1 Å². The van der Waals surface area contributed by atoms with Gasteiger partial charge in [0.1, 0.15) is 0 Å². The molecule has 1 aromatic carbocycles. The van der Waals surface area contributed by atoms with Crippen molar-refractivity contribution in [3.8, 4) is 0 Å². The standard InChI is InChI=1S/C21H31N3O3S/c1-16-3-8-20(13-17(16)2)28(26,27)24-11-9-22(10-12-24)21(25)15-23(19-6-7-19)14-18-4-5-18/h3,8,13,18-19H,4-7,9-12,14-15H2,1-2H3. The second kappa shape index (κ2) is 7.76. The summed E-state index contributed by atoms with van der Waals surface area (Å²) in [6.07, 6.45) is 5.02. The van der Waals surface area contributed by atoms with Crippen LogP contribution in [-0.2, 0) is 14.8 Å². The maximum atomic E-state index is 12.9. The van der Waals surface area contributed by atoms with Crippen LogP contribution in [0.15, 0.2) is 23.1 Å². The van der Waals surface area contributed by atoms with Crippen LogP contribution < -0.4 is 0 Å². The predicted molar refractivity (Wildman–Crippen MR) is 109 cm³/mol. The van der Waals surface area contributed by atoms with Crippen molar-refractivity contribution in [2.24, 2.45) is 5.92 Å². The van der Waals surface area contributed by atoms with Crippen molar-refractivity contribution in [3.63, 3.8) is 0 Å².